The lowest BCUT2D eigenvalue weighted by molar-refractivity contribution is -0.139. The zero-order valence-electron chi connectivity index (χ0n) is 21.3. The van der Waals surface area contributed by atoms with Gasteiger partial charge in [0.2, 0.25) is 21.8 Å². The second-order valence-corrected chi connectivity index (χ2v) is 10.6. The standard InChI is InChI=1S/C25H34ClN3O6S/c1-6-7-13-27-25(31)18(2)28(16-19-9-8-10-20(26)14-19)24(30)17-29(36(5,32)33)21-11-12-22(34-3)23(15-21)35-4/h8-12,14-15,18H,6-7,13,16-17H2,1-5H3,(H,27,31). The summed E-state index contributed by atoms with van der Waals surface area (Å²) in [6.45, 7) is 3.68. The van der Waals surface area contributed by atoms with Crippen molar-refractivity contribution in [1.29, 1.82) is 0 Å². The van der Waals surface area contributed by atoms with E-state index in [0.717, 1.165) is 23.4 Å². The number of hydrogen-bond acceptors (Lipinski definition) is 6. The molecular formula is C25H34ClN3O6S. The van der Waals surface area contributed by atoms with Crippen LogP contribution in [0.25, 0.3) is 0 Å². The first-order valence-electron chi connectivity index (χ1n) is 11.5. The summed E-state index contributed by atoms with van der Waals surface area (Å²) >= 11 is 6.12. The number of amides is 2. The van der Waals surface area contributed by atoms with E-state index in [2.05, 4.69) is 5.32 Å². The molecule has 9 nitrogen and oxygen atoms in total. The molecule has 0 aliphatic carbocycles. The highest BCUT2D eigenvalue weighted by molar-refractivity contribution is 7.92. The molecule has 0 heterocycles. The Bertz CT molecular complexity index is 1160. The molecule has 1 N–H and O–H groups in total. The van der Waals surface area contributed by atoms with E-state index in [9.17, 15) is 18.0 Å². The van der Waals surface area contributed by atoms with Crippen molar-refractivity contribution in [2.24, 2.45) is 0 Å². The van der Waals surface area contributed by atoms with Crippen LogP contribution in [0.2, 0.25) is 5.02 Å². The van der Waals surface area contributed by atoms with Crippen LogP contribution in [0.15, 0.2) is 42.5 Å². The number of rotatable bonds is 13. The third-order valence-corrected chi connectivity index (χ3v) is 6.95. The van der Waals surface area contributed by atoms with Crippen LogP contribution in [0.4, 0.5) is 5.69 Å². The van der Waals surface area contributed by atoms with Crippen LogP contribution in [-0.4, -0.2) is 64.7 Å². The third-order valence-electron chi connectivity index (χ3n) is 5.57. The maximum atomic E-state index is 13.6. The first-order chi connectivity index (χ1) is 17.0. The lowest BCUT2D eigenvalue weighted by Crippen LogP contribution is -2.51. The summed E-state index contributed by atoms with van der Waals surface area (Å²) in [6, 6.07) is 10.7. The average Bonchev–Trinajstić information content (AvgIpc) is 2.84. The van der Waals surface area contributed by atoms with E-state index in [0.29, 0.717) is 28.6 Å². The molecule has 36 heavy (non-hydrogen) atoms. The van der Waals surface area contributed by atoms with E-state index in [4.69, 9.17) is 21.1 Å². The van der Waals surface area contributed by atoms with Crippen molar-refractivity contribution in [2.75, 3.05) is 37.9 Å². The Balaban J connectivity index is 2.40. The van der Waals surface area contributed by atoms with Gasteiger partial charge in [0.1, 0.15) is 12.6 Å². The van der Waals surface area contributed by atoms with Crippen molar-refractivity contribution >= 4 is 39.1 Å². The smallest absolute Gasteiger partial charge is 0.244 e. The summed E-state index contributed by atoms with van der Waals surface area (Å²) in [6.07, 6.45) is 2.73. The first-order valence-corrected chi connectivity index (χ1v) is 13.8. The van der Waals surface area contributed by atoms with Gasteiger partial charge in [-0.1, -0.05) is 37.1 Å². The van der Waals surface area contributed by atoms with E-state index in [1.807, 2.05) is 6.92 Å². The van der Waals surface area contributed by atoms with Crippen LogP contribution in [0.5, 0.6) is 11.5 Å². The second kappa shape index (κ2) is 13.4. The highest BCUT2D eigenvalue weighted by atomic mass is 35.5. The van der Waals surface area contributed by atoms with Crippen molar-refractivity contribution < 1.29 is 27.5 Å². The quantitative estimate of drug-likeness (QED) is 0.391. The molecule has 0 radical (unpaired) electrons. The number of halogens is 1. The molecule has 11 heteroatoms. The van der Waals surface area contributed by atoms with Crippen LogP contribution in [0.1, 0.15) is 32.3 Å². The minimum atomic E-state index is -3.87. The lowest BCUT2D eigenvalue weighted by Gasteiger charge is -2.31. The number of carbonyl (C=O) groups excluding carboxylic acids is 2. The van der Waals surface area contributed by atoms with E-state index in [1.165, 1.54) is 31.3 Å². The molecule has 1 unspecified atom stereocenters. The van der Waals surface area contributed by atoms with Crippen LogP contribution >= 0.6 is 11.6 Å². The van der Waals surface area contributed by atoms with Crippen LogP contribution in [-0.2, 0) is 26.2 Å². The van der Waals surface area contributed by atoms with Gasteiger partial charge in [0.15, 0.2) is 11.5 Å². The Morgan fingerprint density at radius 1 is 1.08 bits per heavy atom. The zero-order valence-corrected chi connectivity index (χ0v) is 22.9. The number of carbonyl (C=O) groups is 2. The summed E-state index contributed by atoms with van der Waals surface area (Å²) in [5, 5.41) is 3.33. The first kappa shape index (κ1) is 29.3. The Morgan fingerprint density at radius 3 is 2.36 bits per heavy atom. The Labute approximate surface area is 218 Å². The monoisotopic (exact) mass is 539 g/mol. The molecule has 1 atom stereocenters. The lowest BCUT2D eigenvalue weighted by atomic mass is 10.1. The van der Waals surface area contributed by atoms with Gasteiger partial charge in [0.05, 0.1) is 26.2 Å². The predicted octanol–water partition coefficient (Wildman–Crippen LogP) is 3.46. The largest absolute Gasteiger partial charge is 0.493 e. The van der Waals surface area contributed by atoms with Gasteiger partial charge < -0.3 is 19.7 Å². The molecule has 2 aromatic carbocycles. The molecule has 0 saturated carbocycles. The van der Waals surface area contributed by atoms with Crippen LogP contribution in [0, 0.1) is 0 Å². The minimum absolute atomic E-state index is 0.0747. The minimum Gasteiger partial charge on any atom is -0.493 e. The summed E-state index contributed by atoms with van der Waals surface area (Å²) in [5.74, 6) is -0.138. The van der Waals surface area contributed by atoms with Crippen molar-refractivity contribution in [3.8, 4) is 11.5 Å². The van der Waals surface area contributed by atoms with Crippen LogP contribution in [0.3, 0.4) is 0 Å². The number of hydrogen-bond donors (Lipinski definition) is 1. The van der Waals surface area contributed by atoms with E-state index >= 15 is 0 Å². The number of nitrogens with zero attached hydrogens (tertiary/aromatic N) is 2. The predicted molar refractivity (Wildman–Crippen MR) is 141 cm³/mol. The average molecular weight is 540 g/mol. The normalized spacial score (nSPS) is 11.9. The number of nitrogens with one attached hydrogen (secondary N) is 1. The molecular weight excluding hydrogens is 506 g/mol. The van der Waals surface area contributed by atoms with Crippen molar-refractivity contribution in [2.45, 2.75) is 39.3 Å². The number of methoxy groups -OCH3 is 2. The fourth-order valence-corrected chi connectivity index (χ4v) is 4.60. The van der Waals surface area contributed by atoms with Gasteiger partial charge >= 0.3 is 0 Å². The van der Waals surface area contributed by atoms with Crippen molar-refractivity contribution in [3.63, 3.8) is 0 Å². The molecule has 0 bridgehead atoms. The third kappa shape index (κ3) is 8.03. The number of ether oxygens (including phenoxy) is 2. The topological polar surface area (TPSA) is 105 Å². The fourth-order valence-electron chi connectivity index (χ4n) is 3.54. The maximum absolute atomic E-state index is 13.6. The van der Waals surface area contributed by atoms with Crippen molar-refractivity contribution in [1.82, 2.24) is 10.2 Å². The second-order valence-electron chi connectivity index (χ2n) is 8.28. The molecule has 0 aliphatic rings. The van der Waals surface area contributed by atoms with E-state index in [1.54, 1.807) is 37.3 Å². The summed E-state index contributed by atoms with van der Waals surface area (Å²) in [7, 11) is -0.964. The van der Waals surface area contributed by atoms with Gasteiger partial charge in [-0.25, -0.2) is 8.42 Å². The summed E-state index contributed by atoms with van der Waals surface area (Å²) in [5.41, 5.74) is 0.937. The SMILES string of the molecule is CCCCNC(=O)C(C)N(Cc1cccc(Cl)c1)C(=O)CN(c1ccc(OC)c(OC)c1)S(C)(=O)=O. The molecule has 2 rings (SSSR count). The van der Waals surface area contributed by atoms with Gasteiger partial charge in [-0.2, -0.15) is 0 Å². The Kier molecular flexibility index (Phi) is 10.9. The van der Waals surface area contributed by atoms with E-state index in [-0.39, 0.29) is 18.1 Å². The Morgan fingerprint density at radius 2 is 1.78 bits per heavy atom. The van der Waals surface area contributed by atoms with Crippen LogP contribution < -0.4 is 19.1 Å². The molecule has 2 amide bonds. The van der Waals surface area contributed by atoms with Crippen molar-refractivity contribution in [3.05, 3.63) is 53.1 Å². The van der Waals surface area contributed by atoms with Gasteiger partial charge in [-0.3, -0.25) is 13.9 Å². The van der Waals surface area contributed by atoms with E-state index < -0.39 is 28.5 Å². The number of anilines is 1. The highest BCUT2D eigenvalue weighted by Gasteiger charge is 2.30. The zero-order chi connectivity index (χ0) is 26.9. The van der Waals surface area contributed by atoms with Gasteiger partial charge in [0.25, 0.3) is 0 Å². The summed E-state index contributed by atoms with van der Waals surface area (Å²) in [4.78, 5) is 27.8. The molecule has 198 valence electrons. The number of sulfonamides is 1. The molecule has 0 spiro atoms. The van der Waals surface area contributed by atoms with Gasteiger partial charge in [-0.05, 0) is 43.2 Å². The molecule has 0 fully saturated rings. The van der Waals surface area contributed by atoms with Gasteiger partial charge in [-0.15, -0.1) is 0 Å². The molecule has 0 aliphatic heterocycles. The highest BCUT2D eigenvalue weighted by Crippen LogP contribution is 2.32. The van der Waals surface area contributed by atoms with Gasteiger partial charge in [0, 0.05) is 24.2 Å². The Hall–Kier alpha value is -2.98. The molecule has 0 aromatic heterocycles. The molecule has 2 aromatic rings. The molecule has 0 saturated heterocycles. The summed E-state index contributed by atoms with van der Waals surface area (Å²) < 4.78 is 36.9. The number of benzene rings is 2. The fraction of sp³-hybridized carbons (Fsp3) is 0.440. The number of unbranched alkanes of at least 4 members (excludes halogenated alkanes) is 1. The maximum Gasteiger partial charge on any atom is 0.244 e.